The van der Waals surface area contributed by atoms with Crippen molar-refractivity contribution in [1.82, 2.24) is 14.9 Å². The van der Waals surface area contributed by atoms with Crippen LogP contribution in [-0.4, -0.2) is 41.1 Å². The Hall–Kier alpha value is -2.08. The molecule has 1 aromatic carbocycles. The summed E-state index contributed by atoms with van der Waals surface area (Å²) in [6.07, 6.45) is 3.80. The molecule has 0 unspecified atom stereocenters. The lowest BCUT2D eigenvalue weighted by atomic mass is 10.1. The van der Waals surface area contributed by atoms with Crippen molar-refractivity contribution in [2.24, 2.45) is 4.99 Å². The fourth-order valence-corrected chi connectivity index (χ4v) is 2.45. The van der Waals surface area contributed by atoms with E-state index in [1.807, 2.05) is 63.5 Å². The number of thioether (sulfide) groups is 1. The highest BCUT2D eigenvalue weighted by molar-refractivity contribution is 7.98. The van der Waals surface area contributed by atoms with E-state index < -0.39 is 0 Å². The zero-order valence-electron chi connectivity index (χ0n) is 15.1. The number of nitrogens with zero attached hydrogens (tertiary/aromatic N) is 4. The average molecular weight is 344 g/mol. The van der Waals surface area contributed by atoms with Crippen molar-refractivity contribution in [2.75, 3.05) is 19.8 Å². The summed E-state index contributed by atoms with van der Waals surface area (Å²) >= 11 is 1.50. The number of ether oxygens (including phenoxy) is 1. The van der Waals surface area contributed by atoms with Crippen LogP contribution in [0.5, 0.6) is 11.6 Å². The first kappa shape index (κ1) is 18.3. The monoisotopic (exact) mass is 344 g/mol. The third-order valence-corrected chi connectivity index (χ3v) is 4.14. The van der Waals surface area contributed by atoms with Crippen LogP contribution < -0.4 is 4.74 Å². The smallest absolute Gasteiger partial charge is 0.223 e. The van der Waals surface area contributed by atoms with Crippen molar-refractivity contribution in [3.8, 4) is 11.6 Å². The molecule has 1 aromatic heterocycles. The van der Waals surface area contributed by atoms with Crippen LogP contribution >= 0.6 is 11.8 Å². The van der Waals surface area contributed by atoms with Crippen LogP contribution in [0.1, 0.15) is 23.7 Å². The number of aromatic nitrogens is 2. The molecule has 0 bridgehead atoms. The van der Waals surface area contributed by atoms with Gasteiger partial charge in [0.25, 0.3) is 0 Å². The third-order valence-electron chi connectivity index (χ3n) is 3.59. The molecule has 0 saturated heterocycles. The van der Waals surface area contributed by atoms with Gasteiger partial charge in [-0.25, -0.2) is 9.98 Å². The summed E-state index contributed by atoms with van der Waals surface area (Å²) in [5.74, 6) is 1.36. The van der Waals surface area contributed by atoms with Gasteiger partial charge in [0.15, 0.2) is 5.16 Å². The molecule has 2 rings (SSSR count). The van der Waals surface area contributed by atoms with Gasteiger partial charge in [0, 0.05) is 25.4 Å². The molecule has 0 aliphatic carbocycles. The lowest BCUT2D eigenvalue weighted by molar-refractivity contribution is 0.451. The van der Waals surface area contributed by atoms with E-state index in [0.29, 0.717) is 11.0 Å². The van der Waals surface area contributed by atoms with Crippen molar-refractivity contribution < 1.29 is 4.74 Å². The Balaban J connectivity index is 2.28. The molecule has 1 heterocycles. The van der Waals surface area contributed by atoms with Crippen LogP contribution in [0.25, 0.3) is 0 Å². The molecule has 0 atom stereocenters. The maximum absolute atomic E-state index is 5.99. The summed E-state index contributed by atoms with van der Waals surface area (Å²) in [7, 11) is 2.00. The van der Waals surface area contributed by atoms with E-state index in [2.05, 4.69) is 21.9 Å². The van der Waals surface area contributed by atoms with Gasteiger partial charge < -0.3 is 9.64 Å². The topological polar surface area (TPSA) is 50.6 Å². The van der Waals surface area contributed by atoms with E-state index >= 15 is 0 Å². The Kier molecular flexibility index (Phi) is 6.20. The molecule has 128 valence electrons. The summed E-state index contributed by atoms with van der Waals surface area (Å²) in [6, 6.07) is 5.88. The van der Waals surface area contributed by atoms with Crippen LogP contribution in [0.3, 0.4) is 0 Å². The number of hydrogen-bond donors (Lipinski definition) is 0. The fourth-order valence-electron chi connectivity index (χ4n) is 2.04. The molecule has 0 saturated carbocycles. The van der Waals surface area contributed by atoms with Gasteiger partial charge in [0.05, 0.1) is 12.0 Å². The lowest BCUT2D eigenvalue weighted by Crippen LogP contribution is -2.14. The quantitative estimate of drug-likeness (QED) is 0.333. The van der Waals surface area contributed by atoms with Crippen molar-refractivity contribution in [3.63, 3.8) is 0 Å². The Morgan fingerprint density at radius 3 is 2.58 bits per heavy atom. The second-order valence-corrected chi connectivity index (χ2v) is 6.43. The largest absolute Gasteiger partial charge is 0.439 e. The van der Waals surface area contributed by atoms with Gasteiger partial charge in [-0.2, -0.15) is 4.98 Å². The number of aryl methyl sites for hydroxylation is 3. The summed E-state index contributed by atoms with van der Waals surface area (Å²) in [6.45, 7) is 9.00. The molecule has 0 spiro atoms. The van der Waals surface area contributed by atoms with Gasteiger partial charge in [-0.1, -0.05) is 11.8 Å². The van der Waals surface area contributed by atoms with Crippen molar-refractivity contribution in [3.05, 3.63) is 35.0 Å². The molecule has 0 fully saturated rings. The minimum Gasteiger partial charge on any atom is -0.439 e. The Morgan fingerprint density at radius 1 is 1.17 bits per heavy atom. The van der Waals surface area contributed by atoms with Crippen molar-refractivity contribution in [2.45, 2.75) is 32.9 Å². The fraction of sp³-hybridized carbons (Fsp3) is 0.389. The van der Waals surface area contributed by atoms with E-state index in [4.69, 9.17) is 4.74 Å². The van der Waals surface area contributed by atoms with E-state index in [1.54, 1.807) is 0 Å². The lowest BCUT2D eigenvalue weighted by Gasteiger charge is -2.13. The highest BCUT2D eigenvalue weighted by Crippen LogP contribution is 2.31. The molecule has 0 aliphatic rings. The number of hydrogen-bond acceptors (Lipinski definition) is 5. The first-order valence-corrected chi connectivity index (χ1v) is 9.08. The Bertz CT molecular complexity index is 746. The van der Waals surface area contributed by atoms with Crippen LogP contribution in [0, 0.1) is 20.8 Å². The zero-order chi connectivity index (χ0) is 17.7. The van der Waals surface area contributed by atoms with E-state index in [0.717, 1.165) is 34.8 Å². The van der Waals surface area contributed by atoms with E-state index in [9.17, 15) is 0 Å². The number of aliphatic imine (C=N–C) groups is 1. The van der Waals surface area contributed by atoms with Gasteiger partial charge in [-0.05, 0) is 57.2 Å². The maximum Gasteiger partial charge on any atom is 0.223 e. The van der Waals surface area contributed by atoms with Crippen molar-refractivity contribution >= 4 is 23.8 Å². The maximum atomic E-state index is 5.99. The molecule has 0 aliphatic heterocycles. The summed E-state index contributed by atoms with van der Waals surface area (Å²) in [4.78, 5) is 15.3. The predicted octanol–water partition coefficient (Wildman–Crippen LogP) is 4.53. The summed E-state index contributed by atoms with van der Waals surface area (Å²) in [5, 5.41) is 0.711. The molecule has 5 nitrogen and oxygen atoms in total. The third kappa shape index (κ3) is 4.71. The van der Waals surface area contributed by atoms with E-state index in [-0.39, 0.29) is 0 Å². The standard InChI is InChI=1S/C18H24N4OS/c1-7-22(5)11-19-15-8-13(3)16(9-12(15)2)23-17-10-14(4)20-18(21-17)24-6/h8-11H,7H2,1-6H3. The summed E-state index contributed by atoms with van der Waals surface area (Å²) in [5.41, 5.74) is 3.92. The second kappa shape index (κ2) is 8.15. The molecule has 24 heavy (non-hydrogen) atoms. The second-order valence-electron chi connectivity index (χ2n) is 5.66. The first-order chi connectivity index (χ1) is 11.4. The van der Waals surface area contributed by atoms with Crippen LogP contribution in [-0.2, 0) is 0 Å². The van der Waals surface area contributed by atoms with E-state index in [1.165, 1.54) is 11.8 Å². The molecule has 0 amide bonds. The van der Waals surface area contributed by atoms with Gasteiger partial charge in [-0.3, -0.25) is 0 Å². The highest BCUT2D eigenvalue weighted by atomic mass is 32.2. The van der Waals surface area contributed by atoms with Gasteiger partial charge in [0.1, 0.15) is 5.75 Å². The number of rotatable bonds is 6. The minimum absolute atomic E-state index is 0.566. The normalized spacial score (nSPS) is 11.1. The predicted molar refractivity (Wildman–Crippen MR) is 101 cm³/mol. The van der Waals surface area contributed by atoms with Gasteiger partial charge >= 0.3 is 0 Å². The highest BCUT2D eigenvalue weighted by Gasteiger charge is 2.09. The molecule has 0 radical (unpaired) electrons. The minimum atomic E-state index is 0.566. The van der Waals surface area contributed by atoms with Gasteiger partial charge in [-0.15, -0.1) is 0 Å². The number of benzene rings is 1. The molecular weight excluding hydrogens is 320 g/mol. The Labute approximate surface area is 148 Å². The SMILES string of the molecule is CCN(C)C=Nc1cc(C)c(Oc2cc(C)nc(SC)n2)cc1C. The first-order valence-electron chi connectivity index (χ1n) is 7.86. The van der Waals surface area contributed by atoms with Crippen molar-refractivity contribution in [1.29, 1.82) is 0 Å². The molecular formula is C18H24N4OS. The Morgan fingerprint density at radius 2 is 1.92 bits per heavy atom. The summed E-state index contributed by atoms with van der Waals surface area (Å²) < 4.78 is 5.99. The van der Waals surface area contributed by atoms with Crippen LogP contribution in [0.4, 0.5) is 5.69 Å². The van der Waals surface area contributed by atoms with Crippen LogP contribution in [0.15, 0.2) is 28.3 Å². The molecule has 6 heteroatoms. The molecule has 0 N–H and O–H groups in total. The van der Waals surface area contributed by atoms with Gasteiger partial charge in [0.2, 0.25) is 5.88 Å². The van der Waals surface area contributed by atoms with Crippen LogP contribution in [0.2, 0.25) is 0 Å². The molecule has 2 aromatic rings. The average Bonchev–Trinajstić information content (AvgIpc) is 2.55. The zero-order valence-corrected chi connectivity index (χ0v) is 15.9.